The normalized spacial score (nSPS) is 11.8. The van der Waals surface area contributed by atoms with Crippen molar-refractivity contribution in [3.05, 3.63) is 60.2 Å². The molecule has 0 atom stereocenters. The van der Waals surface area contributed by atoms with Gasteiger partial charge in [-0.15, -0.1) is 13.2 Å². The van der Waals surface area contributed by atoms with E-state index in [9.17, 15) is 26.4 Å². The minimum absolute atomic E-state index is 0.0577. The third kappa shape index (κ3) is 9.06. The molecule has 2 aromatic carbocycles. The lowest BCUT2D eigenvalue weighted by atomic mass is 10.2. The Balaban J connectivity index is 1.66. The molecule has 1 amide bonds. The van der Waals surface area contributed by atoms with E-state index in [1.54, 1.807) is 11.8 Å². The molecule has 6 nitrogen and oxygen atoms in total. The standard InChI is InChI=1S/C19H21F3N2O4S2/c20-19(21,22)28-16-6-8-17(9-7-16)30(26,27)24-11-10-18(25)23-12-13-29-14-15-4-2-1-3-5-15/h1-9,24H,10-14H2,(H,23,25). The maximum Gasteiger partial charge on any atom is 0.573 e. The lowest BCUT2D eigenvalue weighted by Crippen LogP contribution is -2.31. The van der Waals surface area contributed by atoms with Crippen LogP contribution >= 0.6 is 11.8 Å². The van der Waals surface area contributed by atoms with Crippen LogP contribution in [0.2, 0.25) is 0 Å². The summed E-state index contributed by atoms with van der Waals surface area (Å²) in [4.78, 5) is 11.6. The molecule has 2 N–H and O–H groups in total. The van der Waals surface area contributed by atoms with Crippen LogP contribution in [0.5, 0.6) is 5.75 Å². The van der Waals surface area contributed by atoms with Gasteiger partial charge in [-0.2, -0.15) is 11.8 Å². The second-order valence-electron chi connectivity index (χ2n) is 6.06. The van der Waals surface area contributed by atoms with Gasteiger partial charge in [0, 0.05) is 31.0 Å². The molecule has 0 aromatic heterocycles. The first-order valence-electron chi connectivity index (χ1n) is 8.89. The van der Waals surface area contributed by atoms with Crippen LogP contribution in [0.25, 0.3) is 0 Å². The minimum Gasteiger partial charge on any atom is -0.406 e. The lowest BCUT2D eigenvalue weighted by Gasteiger charge is -2.10. The molecule has 0 aliphatic carbocycles. The number of thioether (sulfide) groups is 1. The summed E-state index contributed by atoms with van der Waals surface area (Å²) in [6, 6.07) is 13.7. The average molecular weight is 463 g/mol. The Morgan fingerprint density at radius 3 is 2.30 bits per heavy atom. The molecule has 11 heteroatoms. The third-order valence-electron chi connectivity index (χ3n) is 3.69. The number of alkyl halides is 3. The fourth-order valence-electron chi connectivity index (χ4n) is 2.32. The first-order valence-corrected chi connectivity index (χ1v) is 11.5. The van der Waals surface area contributed by atoms with Crippen molar-refractivity contribution in [2.45, 2.75) is 23.4 Å². The Labute approximate surface area is 177 Å². The molecule has 0 saturated carbocycles. The SMILES string of the molecule is O=C(CCNS(=O)(=O)c1ccc(OC(F)(F)F)cc1)NCCSCc1ccccc1. The molecule has 0 bridgehead atoms. The Kier molecular flexibility index (Phi) is 9.00. The predicted octanol–water partition coefficient (Wildman–Crippen LogP) is 3.30. The van der Waals surface area contributed by atoms with E-state index < -0.39 is 22.1 Å². The van der Waals surface area contributed by atoms with Crippen LogP contribution in [-0.2, 0) is 20.6 Å². The molecule has 0 saturated heterocycles. The van der Waals surface area contributed by atoms with E-state index in [-0.39, 0.29) is 23.8 Å². The maximum absolute atomic E-state index is 12.1. The summed E-state index contributed by atoms with van der Waals surface area (Å²) in [6.45, 7) is 0.329. The van der Waals surface area contributed by atoms with Gasteiger partial charge in [-0.25, -0.2) is 13.1 Å². The zero-order valence-electron chi connectivity index (χ0n) is 15.8. The Bertz CT molecular complexity index is 906. The third-order valence-corrected chi connectivity index (χ3v) is 6.20. The summed E-state index contributed by atoms with van der Waals surface area (Å²) >= 11 is 1.67. The average Bonchev–Trinajstić information content (AvgIpc) is 2.67. The topological polar surface area (TPSA) is 84.5 Å². The van der Waals surface area contributed by atoms with Gasteiger partial charge in [0.1, 0.15) is 5.75 Å². The fraction of sp³-hybridized carbons (Fsp3) is 0.316. The molecule has 0 radical (unpaired) electrons. The smallest absolute Gasteiger partial charge is 0.406 e. The van der Waals surface area contributed by atoms with Crippen LogP contribution in [0, 0.1) is 0 Å². The van der Waals surface area contributed by atoms with Gasteiger partial charge >= 0.3 is 6.36 Å². The van der Waals surface area contributed by atoms with Crippen LogP contribution < -0.4 is 14.8 Å². The largest absolute Gasteiger partial charge is 0.573 e. The molecule has 0 heterocycles. The van der Waals surface area contributed by atoms with Gasteiger partial charge in [0.2, 0.25) is 15.9 Å². The maximum atomic E-state index is 12.1. The van der Waals surface area contributed by atoms with Gasteiger partial charge in [-0.05, 0) is 29.8 Å². The Morgan fingerprint density at radius 2 is 1.67 bits per heavy atom. The van der Waals surface area contributed by atoms with Crippen molar-refractivity contribution < 1.29 is 31.1 Å². The molecule has 164 valence electrons. The van der Waals surface area contributed by atoms with Gasteiger partial charge in [-0.3, -0.25) is 4.79 Å². The molecule has 0 unspecified atom stereocenters. The fourth-order valence-corrected chi connectivity index (χ4v) is 4.17. The zero-order chi connectivity index (χ0) is 22.0. The molecular weight excluding hydrogens is 441 g/mol. The molecule has 0 fully saturated rings. The lowest BCUT2D eigenvalue weighted by molar-refractivity contribution is -0.274. The van der Waals surface area contributed by atoms with E-state index in [2.05, 4.69) is 14.8 Å². The Morgan fingerprint density at radius 1 is 1.00 bits per heavy atom. The number of carbonyl (C=O) groups is 1. The van der Waals surface area contributed by atoms with E-state index in [0.717, 1.165) is 35.8 Å². The van der Waals surface area contributed by atoms with Crippen molar-refractivity contribution in [2.75, 3.05) is 18.8 Å². The minimum atomic E-state index is -4.86. The summed E-state index contributed by atoms with van der Waals surface area (Å²) < 4.78 is 66.6. The second kappa shape index (κ2) is 11.2. The number of benzene rings is 2. The van der Waals surface area contributed by atoms with E-state index in [1.165, 1.54) is 5.56 Å². The highest BCUT2D eigenvalue weighted by molar-refractivity contribution is 7.98. The van der Waals surface area contributed by atoms with Gasteiger partial charge in [0.25, 0.3) is 0 Å². The highest BCUT2D eigenvalue weighted by Gasteiger charge is 2.31. The number of carbonyl (C=O) groups excluding carboxylic acids is 1. The van der Waals surface area contributed by atoms with Crippen molar-refractivity contribution in [3.63, 3.8) is 0 Å². The molecule has 0 spiro atoms. The van der Waals surface area contributed by atoms with Crippen LogP contribution in [0.3, 0.4) is 0 Å². The van der Waals surface area contributed by atoms with E-state index in [1.807, 2.05) is 30.3 Å². The molecule has 2 aromatic rings. The van der Waals surface area contributed by atoms with Crippen LogP contribution in [0.4, 0.5) is 13.2 Å². The zero-order valence-corrected chi connectivity index (χ0v) is 17.4. The monoisotopic (exact) mass is 462 g/mol. The van der Waals surface area contributed by atoms with Crippen molar-refractivity contribution in [1.82, 2.24) is 10.0 Å². The number of hydrogen-bond donors (Lipinski definition) is 2. The van der Waals surface area contributed by atoms with E-state index >= 15 is 0 Å². The highest BCUT2D eigenvalue weighted by atomic mass is 32.2. The van der Waals surface area contributed by atoms with Gasteiger partial charge in [0.05, 0.1) is 4.90 Å². The van der Waals surface area contributed by atoms with Gasteiger partial charge in [-0.1, -0.05) is 30.3 Å². The molecular formula is C19H21F3N2O4S2. The molecule has 2 rings (SSSR count). The number of hydrogen-bond acceptors (Lipinski definition) is 5. The molecule has 30 heavy (non-hydrogen) atoms. The van der Waals surface area contributed by atoms with Crippen molar-refractivity contribution in [1.29, 1.82) is 0 Å². The summed E-state index contributed by atoms with van der Waals surface area (Å²) in [5, 5.41) is 2.71. The predicted molar refractivity (Wildman–Crippen MR) is 109 cm³/mol. The molecule has 0 aliphatic rings. The summed E-state index contributed by atoms with van der Waals surface area (Å²) in [7, 11) is -3.95. The number of halogens is 3. The van der Waals surface area contributed by atoms with Crippen LogP contribution in [0.1, 0.15) is 12.0 Å². The van der Waals surface area contributed by atoms with E-state index in [4.69, 9.17) is 0 Å². The molecule has 0 aliphatic heterocycles. The second-order valence-corrected chi connectivity index (χ2v) is 8.93. The first-order chi connectivity index (χ1) is 14.2. The highest BCUT2D eigenvalue weighted by Crippen LogP contribution is 2.23. The number of ether oxygens (including phenoxy) is 1. The van der Waals surface area contributed by atoms with Crippen LogP contribution in [0.15, 0.2) is 59.5 Å². The number of nitrogens with one attached hydrogen (secondary N) is 2. The Hall–Kier alpha value is -2.24. The number of sulfonamides is 1. The van der Waals surface area contributed by atoms with Crippen molar-refractivity contribution in [2.24, 2.45) is 0 Å². The van der Waals surface area contributed by atoms with Crippen LogP contribution in [-0.4, -0.2) is 39.5 Å². The quantitative estimate of drug-likeness (QED) is 0.501. The van der Waals surface area contributed by atoms with Gasteiger partial charge in [0.15, 0.2) is 0 Å². The summed E-state index contributed by atoms with van der Waals surface area (Å²) in [5.74, 6) is 0.736. The number of rotatable bonds is 11. The van der Waals surface area contributed by atoms with Crippen molar-refractivity contribution >= 4 is 27.7 Å². The number of amides is 1. The first kappa shape index (κ1) is 24.0. The van der Waals surface area contributed by atoms with Crippen molar-refractivity contribution in [3.8, 4) is 5.75 Å². The summed E-state index contributed by atoms with van der Waals surface area (Å²) in [5.41, 5.74) is 1.20. The van der Waals surface area contributed by atoms with Gasteiger partial charge < -0.3 is 10.1 Å². The summed E-state index contributed by atoms with van der Waals surface area (Å²) in [6.07, 6.45) is -4.91. The van der Waals surface area contributed by atoms with E-state index in [0.29, 0.717) is 6.54 Å².